The van der Waals surface area contributed by atoms with Crippen LogP contribution in [0.3, 0.4) is 0 Å². The molecule has 4 amide bonds. The highest BCUT2D eigenvalue weighted by Gasteiger charge is 2.29. The van der Waals surface area contributed by atoms with Gasteiger partial charge in [0.2, 0.25) is 11.8 Å². The minimum Gasteiger partial charge on any atom is -0.453 e. The molecule has 4 aromatic carbocycles. The molecule has 308 valence electrons. The molecule has 0 saturated carbocycles. The summed E-state index contributed by atoms with van der Waals surface area (Å²) in [5, 5.41) is 16.8. The van der Waals surface area contributed by atoms with Gasteiger partial charge in [-0.1, -0.05) is 85.8 Å². The van der Waals surface area contributed by atoms with E-state index in [-0.39, 0.29) is 32.1 Å². The Morgan fingerprint density at radius 3 is 1.93 bits per heavy atom. The summed E-state index contributed by atoms with van der Waals surface area (Å²) in [5.41, 5.74) is 6.11. The Labute approximate surface area is 347 Å². The molecule has 6 aromatic rings. The quantitative estimate of drug-likeness (QED) is 0.0798. The molecular weight excluding hydrogens is 763 g/mol. The number of benzene rings is 4. The van der Waals surface area contributed by atoms with Crippen LogP contribution in [0.1, 0.15) is 43.5 Å². The average Bonchev–Trinajstić information content (AvgIpc) is 3.96. The lowest BCUT2D eigenvalue weighted by Gasteiger charge is -2.28. The number of hydrogen-bond donors (Lipinski definition) is 4. The van der Waals surface area contributed by atoms with E-state index in [0.717, 1.165) is 50.8 Å². The van der Waals surface area contributed by atoms with Gasteiger partial charge < -0.3 is 39.9 Å². The van der Waals surface area contributed by atoms with Gasteiger partial charge in [0.25, 0.3) is 0 Å². The molecule has 0 aliphatic carbocycles. The lowest BCUT2D eigenvalue weighted by atomic mass is 9.98. The number of H-pyrrole nitrogens is 2. The van der Waals surface area contributed by atoms with Crippen LogP contribution in [-0.2, 0) is 32.2 Å². The van der Waals surface area contributed by atoms with Gasteiger partial charge in [-0.15, -0.1) is 0 Å². The summed E-state index contributed by atoms with van der Waals surface area (Å²) in [6.45, 7) is 4.57. The number of nitriles is 1. The third kappa shape index (κ3) is 10.5. The molecule has 1 unspecified atom stereocenters. The number of nitrogens with one attached hydrogen (secondary N) is 4. The number of rotatable bonds is 16. The fraction of sp³-hybridized carbons (Fsp3) is 0.267. The second-order valence-corrected chi connectivity index (χ2v) is 14.2. The van der Waals surface area contributed by atoms with E-state index in [2.05, 4.69) is 71.7 Å². The van der Waals surface area contributed by atoms with Gasteiger partial charge in [-0.25, -0.2) is 19.6 Å². The Morgan fingerprint density at radius 1 is 0.750 bits per heavy atom. The van der Waals surface area contributed by atoms with Crippen molar-refractivity contribution in [3.05, 3.63) is 121 Å². The van der Waals surface area contributed by atoms with Crippen molar-refractivity contribution in [3.63, 3.8) is 0 Å². The fourth-order valence-corrected chi connectivity index (χ4v) is 6.77. The van der Waals surface area contributed by atoms with Crippen molar-refractivity contribution >= 4 is 34.8 Å². The summed E-state index contributed by atoms with van der Waals surface area (Å²) >= 11 is 0. The van der Waals surface area contributed by atoms with E-state index in [9.17, 15) is 24.4 Å². The van der Waals surface area contributed by atoms with E-state index >= 15 is 0 Å². The number of amides is 4. The second-order valence-electron chi connectivity index (χ2n) is 14.2. The first-order valence-corrected chi connectivity index (χ1v) is 19.5. The van der Waals surface area contributed by atoms with Crippen LogP contribution < -0.4 is 10.6 Å². The van der Waals surface area contributed by atoms with Crippen molar-refractivity contribution in [2.24, 2.45) is 5.92 Å². The third-order valence-electron chi connectivity index (χ3n) is 9.89. The van der Waals surface area contributed by atoms with Crippen LogP contribution in [0, 0.1) is 17.2 Å². The maximum atomic E-state index is 14.0. The molecule has 60 heavy (non-hydrogen) atoms. The van der Waals surface area contributed by atoms with E-state index in [1.165, 1.54) is 19.1 Å². The molecule has 0 bridgehead atoms. The normalized spacial score (nSPS) is 11.8. The number of aromatic nitrogens is 4. The van der Waals surface area contributed by atoms with Gasteiger partial charge in [-0.2, -0.15) is 5.26 Å². The predicted octanol–water partition coefficient (Wildman–Crippen LogP) is 6.97. The first kappa shape index (κ1) is 42.1. The lowest BCUT2D eigenvalue weighted by molar-refractivity contribution is -0.134. The van der Waals surface area contributed by atoms with Crippen molar-refractivity contribution in [2.75, 3.05) is 33.9 Å². The largest absolute Gasteiger partial charge is 0.453 e. The Balaban J connectivity index is 1.13. The number of aromatic amines is 2. The molecular formula is C45H47N9O6. The minimum atomic E-state index is -1.02. The zero-order valence-electron chi connectivity index (χ0n) is 33.9. The van der Waals surface area contributed by atoms with Gasteiger partial charge in [0.1, 0.15) is 24.2 Å². The van der Waals surface area contributed by atoms with Crippen molar-refractivity contribution in [1.29, 1.82) is 5.26 Å². The Hall–Kier alpha value is -7.47. The van der Waals surface area contributed by atoms with E-state index < -0.39 is 30.1 Å². The number of fused-ring (bicyclic) bond motifs is 1. The fourth-order valence-electron chi connectivity index (χ4n) is 6.77. The SMILES string of the molecule is CCCN(Cc1ncc(-c2ccc3cc(-c4ccc(-c5cnc(CN(C[C@@H](C)C#N)C(=O)C(NC(=O)OC)c6ccccc6)[nH]5)cc4)ccc3c2)[nH]1)C(=O)CNC(=O)OC. The summed E-state index contributed by atoms with van der Waals surface area (Å²) < 4.78 is 9.37. The first-order valence-electron chi connectivity index (χ1n) is 19.5. The molecule has 15 nitrogen and oxygen atoms in total. The van der Waals surface area contributed by atoms with Crippen LogP contribution in [0.4, 0.5) is 9.59 Å². The zero-order valence-corrected chi connectivity index (χ0v) is 33.9. The average molecular weight is 810 g/mol. The maximum Gasteiger partial charge on any atom is 0.407 e. The van der Waals surface area contributed by atoms with Crippen molar-refractivity contribution < 1.29 is 28.7 Å². The van der Waals surface area contributed by atoms with Gasteiger partial charge in [0.05, 0.1) is 63.1 Å². The maximum absolute atomic E-state index is 14.0. The Bertz CT molecular complexity index is 2470. The van der Waals surface area contributed by atoms with Crippen molar-refractivity contribution in [3.8, 4) is 39.7 Å². The lowest BCUT2D eigenvalue weighted by Crippen LogP contribution is -2.44. The third-order valence-corrected chi connectivity index (χ3v) is 9.89. The van der Waals surface area contributed by atoms with E-state index in [1.54, 1.807) is 48.5 Å². The number of carbonyl (C=O) groups excluding carboxylic acids is 4. The number of ether oxygens (including phenoxy) is 2. The predicted molar refractivity (Wildman–Crippen MR) is 226 cm³/mol. The number of carbonyl (C=O) groups is 4. The molecule has 6 rings (SSSR count). The van der Waals surface area contributed by atoms with Gasteiger partial charge in [0.15, 0.2) is 0 Å². The second kappa shape index (κ2) is 19.8. The van der Waals surface area contributed by atoms with E-state index in [0.29, 0.717) is 23.8 Å². The molecule has 0 aliphatic heterocycles. The van der Waals surface area contributed by atoms with E-state index in [1.807, 2.05) is 43.3 Å². The van der Waals surface area contributed by atoms with Crippen LogP contribution in [0.25, 0.3) is 44.4 Å². The minimum absolute atomic E-state index is 0.0890. The molecule has 0 fully saturated rings. The number of hydrogen-bond acceptors (Lipinski definition) is 9. The first-order chi connectivity index (χ1) is 29.1. The highest BCUT2D eigenvalue weighted by atomic mass is 16.5. The molecule has 0 aliphatic rings. The Kier molecular flexibility index (Phi) is 13.9. The number of imidazole rings is 2. The summed E-state index contributed by atoms with van der Waals surface area (Å²) in [4.78, 5) is 69.3. The molecule has 2 aromatic heterocycles. The number of methoxy groups -OCH3 is 2. The van der Waals surface area contributed by atoms with Gasteiger partial charge in [0, 0.05) is 18.7 Å². The standard InChI is InChI=1S/C45H47N9O6/c1-5-19-53(41(55)25-49-44(57)59-3)27-39-48-24-38(51-39)36-18-17-34-20-33(15-16-35(34)21-36)30-11-13-31(14-12-30)37-23-47-40(50-37)28-54(26-29(2)22-46)43(56)42(52-45(58)60-4)32-9-7-6-8-10-32/h6-18,20-21,23-24,29,42H,5,19,25-28H2,1-4H3,(H,47,50)(H,48,51)(H,49,57)(H,52,58)/t29-,42?/m0/s1. The number of alkyl carbamates (subject to hydrolysis) is 2. The summed E-state index contributed by atoms with van der Waals surface area (Å²) in [6.07, 6.45) is 2.82. The van der Waals surface area contributed by atoms with E-state index in [4.69, 9.17) is 4.74 Å². The summed E-state index contributed by atoms with van der Waals surface area (Å²) in [7, 11) is 2.49. The number of nitrogens with zero attached hydrogens (tertiary/aromatic N) is 5. The monoisotopic (exact) mass is 809 g/mol. The van der Waals surface area contributed by atoms with Gasteiger partial charge in [-0.05, 0) is 58.5 Å². The molecule has 0 spiro atoms. The molecule has 4 N–H and O–H groups in total. The molecule has 15 heteroatoms. The zero-order chi connectivity index (χ0) is 42.6. The van der Waals surface area contributed by atoms with Crippen LogP contribution in [-0.4, -0.2) is 87.6 Å². The molecule has 2 atom stereocenters. The summed E-state index contributed by atoms with van der Waals surface area (Å²) in [5.74, 6) is 0.0685. The van der Waals surface area contributed by atoms with Crippen LogP contribution in [0.15, 0.2) is 103 Å². The molecule has 0 radical (unpaired) electrons. The van der Waals surface area contributed by atoms with Crippen LogP contribution in [0.5, 0.6) is 0 Å². The van der Waals surface area contributed by atoms with Gasteiger partial charge >= 0.3 is 12.2 Å². The van der Waals surface area contributed by atoms with Crippen LogP contribution >= 0.6 is 0 Å². The summed E-state index contributed by atoms with van der Waals surface area (Å²) in [6, 6.07) is 30.7. The van der Waals surface area contributed by atoms with Gasteiger partial charge in [-0.3, -0.25) is 9.59 Å². The molecule has 0 saturated heterocycles. The topological polar surface area (TPSA) is 198 Å². The highest BCUT2D eigenvalue weighted by Crippen LogP contribution is 2.30. The molecule has 2 heterocycles. The van der Waals surface area contributed by atoms with Crippen molar-refractivity contribution in [2.45, 2.75) is 39.4 Å². The highest BCUT2D eigenvalue weighted by molar-refractivity contribution is 5.91. The van der Waals surface area contributed by atoms with Crippen LogP contribution in [0.2, 0.25) is 0 Å². The smallest absolute Gasteiger partial charge is 0.407 e. The van der Waals surface area contributed by atoms with Crippen molar-refractivity contribution in [1.82, 2.24) is 40.4 Å². The Morgan fingerprint density at radius 2 is 1.32 bits per heavy atom.